The fraction of sp³-hybridized carbons (Fsp3) is 0.200. The maximum atomic E-state index is 11.5. The minimum absolute atomic E-state index is 0.150. The van der Waals surface area contributed by atoms with Gasteiger partial charge in [-0.05, 0) is 43.2 Å². The van der Waals surface area contributed by atoms with Gasteiger partial charge in [0.2, 0.25) is 0 Å². The van der Waals surface area contributed by atoms with Gasteiger partial charge in [-0.3, -0.25) is 0 Å². The summed E-state index contributed by atoms with van der Waals surface area (Å²) in [6.07, 6.45) is 0. The van der Waals surface area contributed by atoms with Crippen LogP contribution < -0.4 is 4.74 Å². The number of rotatable bonds is 4. The summed E-state index contributed by atoms with van der Waals surface area (Å²) in [5.74, 6) is 0.616. The van der Waals surface area contributed by atoms with E-state index < -0.39 is 9.05 Å². The van der Waals surface area contributed by atoms with Gasteiger partial charge in [-0.2, -0.15) is 0 Å². The van der Waals surface area contributed by atoms with Crippen molar-refractivity contribution in [2.24, 2.45) is 0 Å². The second kappa shape index (κ2) is 6.38. The summed E-state index contributed by atoms with van der Waals surface area (Å²) in [5, 5.41) is 0. The Bertz CT molecular complexity index is 749. The van der Waals surface area contributed by atoms with E-state index in [-0.39, 0.29) is 4.90 Å². The molecule has 2 aromatic rings. The minimum atomic E-state index is -3.75. The Hall–Kier alpha value is -1.04. The Kier molecular flexibility index (Phi) is 4.96. The Morgan fingerprint density at radius 1 is 1.14 bits per heavy atom. The van der Waals surface area contributed by atoms with E-state index in [9.17, 15) is 8.42 Å². The van der Waals surface area contributed by atoms with Crippen molar-refractivity contribution in [3.63, 3.8) is 0 Å². The smallest absolute Gasteiger partial charge is 0.261 e. The largest absolute Gasteiger partial charge is 0.489 e. The van der Waals surface area contributed by atoms with Gasteiger partial charge in [0.25, 0.3) is 9.05 Å². The van der Waals surface area contributed by atoms with E-state index in [1.165, 1.54) is 0 Å². The highest BCUT2D eigenvalue weighted by molar-refractivity contribution is 9.10. The molecule has 0 fully saturated rings. The van der Waals surface area contributed by atoms with Crippen LogP contribution in [0.2, 0.25) is 0 Å². The number of hydrogen-bond acceptors (Lipinski definition) is 3. The molecule has 0 unspecified atom stereocenters. The molecular weight excluding hydrogens is 376 g/mol. The number of aryl methyl sites for hydroxylation is 2. The number of hydrogen-bond donors (Lipinski definition) is 0. The zero-order valence-corrected chi connectivity index (χ0v) is 14.7. The van der Waals surface area contributed by atoms with Gasteiger partial charge in [-0.15, -0.1) is 0 Å². The lowest BCUT2D eigenvalue weighted by atomic mass is 10.1. The van der Waals surface area contributed by atoms with Gasteiger partial charge in [-0.1, -0.05) is 34.1 Å². The van der Waals surface area contributed by atoms with E-state index in [2.05, 4.69) is 15.9 Å². The summed E-state index contributed by atoms with van der Waals surface area (Å²) in [5.41, 5.74) is 2.17. The summed E-state index contributed by atoms with van der Waals surface area (Å²) in [7, 11) is 1.69. The van der Waals surface area contributed by atoms with Crippen LogP contribution in [0.15, 0.2) is 45.8 Å². The lowest BCUT2D eigenvalue weighted by molar-refractivity contribution is 0.305. The van der Waals surface area contributed by atoms with Gasteiger partial charge in [-0.25, -0.2) is 8.42 Å². The van der Waals surface area contributed by atoms with Crippen molar-refractivity contribution >= 4 is 35.7 Å². The molecule has 0 bridgehead atoms. The van der Waals surface area contributed by atoms with Gasteiger partial charge < -0.3 is 4.74 Å². The molecular formula is C15H14BrClO3S. The lowest BCUT2D eigenvalue weighted by Gasteiger charge is -2.12. The molecule has 0 aromatic heterocycles. The van der Waals surface area contributed by atoms with E-state index in [1.54, 1.807) is 26.0 Å². The van der Waals surface area contributed by atoms with Crippen LogP contribution in [0.1, 0.15) is 16.7 Å². The zero-order chi connectivity index (χ0) is 15.6. The maximum Gasteiger partial charge on any atom is 0.261 e. The van der Waals surface area contributed by atoms with Crippen molar-refractivity contribution in [1.29, 1.82) is 0 Å². The quantitative estimate of drug-likeness (QED) is 0.719. The molecule has 0 aliphatic heterocycles. The first kappa shape index (κ1) is 16.3. The van der Waals surface area contributed by atoms with Crippen LogP contribution in [0, 0.1) is 13.8 Å². The van der Waals surface area contributed by atoms with Gasteiger partial charge in [0.1, 0.15) is 12.4 Å². The SMILES string of the molecule is Cc1cc(OCc2ccccc2Br)cc(C)c1S(=O)(=O)Cl. The van der Waals surface area contributed by atoms with E-state index in [1.807, 2.05) is 24.3 Å². The summed E-state index contributed by atoms with van der Waals surface area (Å²) in [6.45, 7) is 3.80. The zero-order valence-electron chi connectivity index (χ0n) is 11.6. The fourth-order valence-corrected chi connectivity index (χ4v) is 4.17. The highest BCUT2D eigenvalue weighted by Gasteiger charge is 2.17. The van der Waals surface area contributed by atoms with E-state index >= 15 is 0 Å². The molecule has 0 heterocycles. The van der Waals surface area contributed by atoms with Crippen molar-refractivity contribution in [3.8, 4) is 5.75 Å². The molecule has 0 aliphatic rings. The predicted molar refractivity (Wildman–Crippen MR) is 87.4 cm³/mol. The molecule has 6 heteroatoms. The van der Waals surface area contributed by atoms with Crippen molar-refractivity contribution in [3.05, 3.63) is 57.6 Å². The van der Waals surface area contributed by atoms with E-state index in [0.717, 1.165) is 10.0 Å². The molecule has 0 radical (unpaired) electrons. The van der Waals surface area contributed by atoms with Gasteiger partial charge >= 0.3 is 0 Å². The first-order chi connectivity index (χ1) is 9.79. The summed E-state index contributed by atoms with van der Waals surface area (Å²) in [4.78, 5) is 0.150. The second-order valence-electron chi connectivity index (χ2n) is 4.70. The molecule has 0 saturated carbocycles. The van der Waals surface area contributed by atoms with Crippen LogP contribution in [0.3, 0.4) is 0 Å². The first-order valence-electron chi connectivity index (χ1n) is 6.21. The van der Waals surface area contributed by atoms with Crippen LogP contribution in [-0.4, -0.2) is 8.42 Å². The standard InChI is InChI=1S/C15H14BrClO3S/c1-10-7-13(8-11(2)15(10)21(17,18)19)20-9-12-5-3-4-6-14(12)16/h3-8H,9H2,1-2H3. The van der Waals surface area contributed by atoms with Crippen LogP contribution in [-0.2, 0) is 15.7 Å². The fourth-order valence-electron chi connectivity index (χ4n) is 2.15. The molecule has 21 heavy (non-hydrogen) atoms. The third kappa shape index (κ3) is 3.99. The van der Waals surface area contributed by atoms with Gasteiger partial charge in [0.05, 0.1) is 4.90 Å². The van der Waals surface area contributed by atoms with Crippen molar-refractivity contribution in [1.82, 2.24) is 0 Å². The molecule has 0 saturated heterocycles. The third-order valence-corrected chi connectivity index (χ3v) is 5.40. The number of halogens is 2. The van der Waals surface area contributed by atoms with Crippen molar-refractivity contribution in [2.75, 3.05) is 0 Å². The normalized spacial score (nSPS) is 11.4. The monoisotopic (exact) mass is 388 g/mol. The summed E-state index contributed by atoms with van der Waals surface area (Å²) >= 11 is 3.46. The molecule has 0 spiro atoms. The number of ether oxygens (including phenoxy) is 1. The Balaban J connectivity index is 2.25. The average molecular weight is 390 g/mol. The van der Waals surface area contributed by atoms with Crippen molar-refractivity contribution in [2.45, 2.75) is 25.3 Å². The Morgan fingerprint density at radius 2 is 1.71 bits per heavy atom. The molecule has 3 nitrogen and oxygen atoms in total. The summed E-state index contributed by atoms with van der Waals surface area (Å²) in [6, 6.07) is 11.1. The average Bonchev–Trinajstić information content (AvgIpc) is 2.35. The Morgan fingerprint density at radius 3 is 2.24 bits per heavy atom. The van der Waals surface area contributed by atoms with Gasteiger partial charge in [0.15, 0.2) is 0 Å². The molecule has 0 N–H and O–H groups in total. The molecule has 0 atom stereocenters. The summed E-state index contributed by atoms with van der Waals surface area (Å²) < 4.78 is 29.8. The first-order valence-corrected chi connectivity index (χ1v) is 9.31. The second-order valence-corrected chi connectivity index (χ2v) is 8.06. The van der Waals surface area contributed by atoms with E-state index in [4.69, 9.17) is 15.4 Å². The topological polar surface area (TPSA) is 43.4 Å². The van der Waals surface area contributed by atoms with Gasteiger partial charge in [0, 0.05) is 20.7 Å². The third-order valence-electron chi connectivity index (χ3n) is 3.03. The predicted octanol–water partition coefficient (Wildman–Crippen LogP) is 4.57. The van der Waals surface area contributed by atoms with Crippen LogP contribution >= 0.6 is 26.6 Å². The van der Waals surface area contributed by atoms with Crippen molar-refractivity contribution < 1.29 is 13.2 Å². The maximum absolute atomic E-state index is 11.5. The highest BCUT2D eigenvalue weighted by atomic mass is 79.9. The molecule has 112 valence electrons. The minimum Gasteiger partial charge on any atom is -0.489 e. The van der Waals surface area contributed by atoms with E-state index in [0.29, 0.717) is 23.5 Å². The lowest BCUT2D eigenvalue weighted by Crippen LogP contribution is -2.01. The van der Waals surface area contributed by atoms with Crippen LogP contribution in [0.4, 0.5) is 0 Å². The highest BCUT2D eigenvalue weighted by Crippen LogP contribution is 2.29. The molecule has 2 aromatic carbocycles. The molecule has 0 amide bonds. The Labute approximate surface area is 137 Å². The molecule has 0 aliphatic carbocycles. The number of benzene rings is 2. The molecule has 2 rings (SSSR count). The van der Waals surface area contributed by atoms with Crippen LogP contribution in [0.5, 0.6) is 5.75 Å². The van der Waals surface area contributed by atoms with Crippen LogP contribution in [0.25, 0.3) is 0 Å².